The van der Waals surface area contributed by atoms with Crippen LogP contribution in [0, 0.1) is 0 Å². The van der Waals surface area contributed by atoms with Crippen LogP contribution in [0.15, 0.2) is 0 Å². The molecule has 3 heteroatoms. The number of rotatable bonds is 11. The summed E-state index contributed by atoms with van der Waals surface area (Å²) in [5.41, 5.74) is 7.87. The lowest BCUT2D eigenvalue weighted by atomic mass is 10.1. The Morgan fingerprint density at radius 1 is 0.733 bits per heavy atom. The summed E-state index contributed by atoms with van der Waals surface area (Å²) in [6.45, 7) is 8.18. The number of nitrogens with one attached hydrogen (secondary N) is 1. The summed E-state index contributed by atoms with van der Waals surface area (Å²) in [5, 5.41) is 0. The molecule has 0 heterocycles. The minimum Gasteiger partial charge on any atom is -0.353 e. The van der Waals surface area contributed by atoms with Gasteiger partial charge >= 0.3 is 0 Å². The minimum atomic E-state index is 1.06. The summed E-state index contributed by atoms with van der Waals surface area (Å²) in [5.74, 6) is 0. The lowest BCUT2D eigenvalue weighted by Gasteiger charge is -2.15. The minimum absolute atomic E-state index is 1.06. The highest BCUT2D eigenvalue weighted by molar-refractivity contribution is 4.43. The van der Waals surface area contributed by atoms with Crippen molar-refractivity contribution in [3.63, 3.8) is 0 Å². The summed E-state index contributed by atoms with van der Waals surface area (Å²) >= 11 is 0. The van der Waals surface area contributed by atoms with E-state index in [2.05, 4.69) is 18.4 Å². The lowest BCUT2D eigenvalue weighted by Crippen LogP contribution is -3.14. The Hall–Kier alpha value is -0.120. The van der Waals surface area contributed by atoms with Gasteiger partial charge in [-0.1, -0.05) is 32.6 Å². The summed E-state index contributed by atoms with van der Waals surface area (Å²) in [7, 11) is 0. The number of unbranched alkanes of at least 4 members (excludes halogenated alkanes) is 5. The van der Waals surface area contributed by atoms with Crippen molar-refractivity contribution in [3.05, 3.63) is 0 Å². The third-order valence-electron chi connectivity index (χ3n) is 2.94. The fraction of sp³-hybridized carbons (Fsp3) is 1.00. The van der Waals surface area contributed by atoms with Crippen LogP contribution in [0.1, 0.15) is 45.4 Å². The maximum absolute atomic E-state index is 3.94. The zero-order valence-corrected chi connectivity index (χ0v) is 10.7. The molecule has 0 unspecified atom stereocenters. The Morgan fingerprint density at radius 3 is 1.80 bits per heavy atom. The van der Waals surface area contributed by atoms with Crippen LogP contribution in [0.5, 0.6) is 0 Å². The number of hydrogen-bond donors (Lipinski definition) is 3. The van der Waals surface area contributed by atoms with Crippen LogP contribution >= 0.6 is 0 Å². The van der Waals surface area contributed by atoms with E-state index in [1.807, 2.05) is 0 Å². The molecule has 0 aromatic heterocycles. The van der Waals surface area contributed by atoms with Crippen molar-refractivity contribution in [2.75, 3.05) is 32.7 Å². The fourth-order valence-electron chi connectivity index (χ4n) is 2.03. The molecule has 0 aliphatic carbocycles. The molecule has 0 saturated carbocycles. The Kier molecular flexibility index (Phi) is 11.9. The highest BCUT2D eigenvalue weighted by Gasteiger charge is 2.06. The van der Waals surface area contributed by atoms with E-state index in [1.165, 1.54) is 58.2 Å². The smallest absolute Gasteiger partial charge is 0.127 e. The molecule has 0 fully saturated rings. The quantitative estimate of drug-likeness (QED) is 0.362. The van der Waals surface area contributed by atoms with Gasteiger partial charge in [0, 0.05) is 0 Å². The molecule has 0 rings (SSSR count). The van der Waals surface area contributed by atoms with Crippen LogP contribution in [0.2, 0.25) is 0 Å². The Morgan fingerprint density at radius 2 is 1.27 bits per heavy atom. The average Bonchev–Trinajstić information content (AvgIpc) is 2.24. The van der Waals surface area contributed by atoms with Gasteiger partial charge in [0.05, 0.1) is 6.54 Å². The average molecular weight is 218 g/mol. The molecule has 7 N–H and O–H groups in total. The van der Waals surface area contributed by atoms with E-state index in [9.17, 15) is 0 Å². The van der Waals surface area contributed by atoms with Crippen LogP contribution in [-0.4, -0.2) is 32.7 Å². The van der Waals surface area contributed by atoms with Crippen LogP contribution in [0.4, 0.5) is 0 Å². The molecular formula is C12H32N3+3. The van der Waals surface area contributed by atoms with E-state index in [0.717, 1.165) is 13.1 Å². The Labute approximate surface area is 95.2 Å². The van der Waals surface area contributed by atoms with Gasteiger partial charge in [-0.2, -0.15) is 0 Å². The van der Waals surface area contributed by atoms with Crippen molar-refractivity contribution in [2.45, 2.75) is 45.4 Å². The van der Waals surface area contributed by atoms with Crippen molar-refractivity contribution in [1.29, 1.82) is 0 Å². The zero-order chi connectivity index (χ0) is 11.4. The normalized spacial score (nSPS) is 11.2. The van der Waals surface area contributed by atoms with Crippen LogP contribution in [-0.2, 0) is 0 Å². The van der Waals surface area contributed by atoms with Gasteiger partial charge in [-0.15, -0.1) is 0 Å². The van der Waals surface area contributed by atoms with Crippen LogP contribution in [0.3, 0.4) is 0 Å². The maximum atomic E-state index is 3.94. The molecule has 0 aliphatic rings. The second kappa shape index (κ2) is 12.0. The molecule has 15 heavy (non-hydrogen) atoms. The van der Waals surface area contributed by atoms with Gasteiger partial charge in [0.2, 0.25) is 0 Å². The maximum Gasteiger partial charge on any atom is 0.127 e. The zero-order valence-electron chi connectivity index (χ0n) is 10.7. The van der Waals surface area contributed by atoms with Crippen LogP contribution in [0.25, 0.3) is 0 Å². The Bertz CT molecular complexity index is 111. The molecule has 0 bridgehead atoms. The largest absolute Gasteiger partial charge is 0.353 e. The second-order valence-corrected chi connectivity index (χ2v) is 4.47. The summed E-state index contributed by atoms with van der Waals surface area (Å²) < 4.78 is 0. The van der Waals surface area contributed by atoms with Gasteiger partial charge in [0.25, 0.3) is 0 Å². The molecule has 0 saturated heterocycles. The standard InChI is InChI=1S/C12H29N3/c1-2-3-4-5-6-7-10-15(11-8-13)12-9-14/h2-14H2,1H3/p+3. The first kappa shape index (κ1) is 14.9. The molecule has 3 nitrogen and oxygen atoms in total. The van der Waals surface area contributed by atoms with Crippen molar-refractivity contribution in [2.24, 2.45) is 0 Å². The van der Waals surface area contributed by atoms with Crippen molar-refractivity contribution in [3.8, 4) is 0 Å². The highest BCUT2D eigenvalue weighted by atomic mass is 15.1. The van der Waals surface area contributed by atoms with Crippen molar-refractivity contribution >= 4 is 0 Å². The number of hydrogen-bond acceptors (Lipinski definition) is 0. The van der Waals surface area contributed by atoms with Gasteiger partial charge in [0.15, 0.2) is 0 Å². The first-order valence-electron chi connectivity index (χ1n) is 6.77. The summed E-state index contributed by atoms with van der Waals surface area (Å²) in [4.78, 5) is 1.70. The van der Waals surface area contributed by atoms with E-state index < -0.39 is 0 Å². The topological polar surface area (TPSA) is 59.7 Å². The Balaban J connectivity index is 3.28. The van der Waals surface area contributed by atoms with E-state index >= 15 is 0 Å². The number of quaternary nitrogens is 3. The predicted molar refractivity (Wildman–Crippen MR) is 64.4 cm³/mol. The van der Waals surface area contributed by atoms with E-state index in [1.54, 1.807) is 4.90 Å². The highest BCUT2D eigenvalue weighted by Crippen LogP contribution is 2.03. The summed E-state index contributed by atoms with van der Waals surface area (Å²) in [6, 6.07) is 0. The van der Waals surface area contributed by atoms with Gasteiger partial charge in [-0.05, 0) is 12.8 Å². The molecular weight excluding hydrogens is 186 g/mol. The predicted octanol–water partition coefficient (Wildman–Crippen LogP) is -1.28. The van der Waals surface area contributed by atoms with Gasteiger partial charge in [-0.3, -0.25) is 0 Å². The van der Waals surface area contributed by atoms with E-state index in [0.29, 0.717) is 0 Å². The van der Waals surface area contributed by atoms with Crippen molar-refractivity contribution in [1.82, 2.24) is 0 Å². The molecule has 0 aromatic carbocycles. The lowest BCUT2D eigenvalue weighted by molar-refractivity contribution is -0.910. The van der Waals surface area contributed by atoms with Gasteiger partial charge < -0.3 is 16.4 Å². The van der Waals surface area contributed by atoms with E-state index in [4.69, 9.17) is 0 Å². The van der Waals surface area contributed by atoms with Crippen molar-refractivity contribution < 1.29 is 16.4 Å². The molecule has 0 aliphatic heterocycles. The second-order valence-electron chi connectivity index (χ2n) is 4.47. The van der Waals surface area contributed by atoms with Crippen LogP contribution < -0.4 is 16.4 Å². The van der Waals surface area contributed by atoms with Gasteiger partial charge in [-0.25, -0.2) is 0 Å². The first-order chi connectivity index (χ1) is 7.35. The third kappa shape index (κ3) is 10.2. The molecule has 0 atom stereocenters. The first-order valence-corrected chi connectivity index (χ1v) is 6.77. The van der Waals surface area contributed by atoms with Gasteiger partial charge in [0.1, 0.15) is 26.2 Å². The molecule has 92 valence electrons. The summed E-state index contributed by atoms with van der Waals surface area (Å²) in [6.07, 6.45) is 8.41. The molecule has 0 radical (unpaired) electrons. The van der Waals surface area contributed by atoms with E-state index in [-0.39, 0.29) is 0 Å². The molecule has 0 amide bonds. The molecule has 0 aromatic rings. The third-order valence-corrected chi connectivity index (χ3v) is 2.94. The monoisotopic (exact) mass is 218 g/mol. The SMILES string of the molecule is CCCCCCCC[NH+](CC[NH3+])CC[NH3+]. The fourth-order valence-corrected chi connectivity index (χ4v) is 2.03. The molecule has 0 spiro atoms.